The number of hydrogen-bond donors (Lipinski definition) is 1. The highest BCUT2D eigenvalue weighted by atomic mass is 35.5. The molecule has 1 saturated heterocycles. The summed E-state index contributed by atoms with van der Waals surface area (Å²) in [6, 6.07) is 14.3. The predicted molar refractivity (Wildman–Crippen MR) is 95.6 cm³/mol. The Balaban J connectivity index is 1.82. The van der Waals surface area contributed by atoms with Crippen LogP contribution in [0.4, 0.5) is 5.69 Å². The number of benzene rings is 2. The molecular weight excluding hydrogens is 347 g/mol. The molecule has 1 heterocycles. The van der Waals surface area contributed by atoms with E-state index in [9.17, 15) is 9.59 Å². The van der Waals surface area contributed by atoms with E-state index < -0.39 is 11.8 Å². The van der Waals surface area contributed by atoms with Crippen molar-refractivity contribution in [3.05, 3.63) is 81.9 Å². The lowest BCUT2D eigenvalue weighted by atomic mass is 10.2. The third kappa shape index (κ3) is 3.35. The Kier molecular flexibility index (Phi) is 4.69. The molecular formula is C18H12Cl2N2O2. The minimum atomic E-state index is -0.469. The number of rotatable bonds is 3. The fraction of sp³-hybridized carbons (Fsp3) is 0. The maximum atomic E-state index is 12.4. The summed E-state index contributed by atoms with van der Waals surface area (Å²) in [5, 5.41) is 1.82. The standard InChI is InChI=1S/C18H12Cl2N2O2/c19-15-10-9-13(11-16(15)20)22-18(24)14(17(23)21-22)8-4-7-12-5-2-1-3-6-12/h1-11H,(H,21,23). The van der Waals surface area contributed by atoms with Crippen molar-refractivity contribution < 1.29 is 9.59 Å². The van der Waals surface area contributed by atoms with Gasteiger partial charge in [-0.05, 0) is 29.8 Å². The Bertz CT molecular complexity index is 861. The van der Waals surface area contributed by atoms with Gasteiger partial charge in [-0.1, -0.05) is 65.7 Å². The minimum Gasteiger partial charge on any atom is -0.267 e. The van der Waals surface area contributed by atoms with E-state index in [1.807, 2.05) is 36.4 Å². The fourth-order valence-corrected chi connectivity index (χ4v) is 2.49. The Hall–Kier alpha value is -2.56. The van der Waals surface area contributed by atoms with Crippen LogP contribution in [0.25, 0.3) is 6.08 Å². The van der Waals surface area contributed by atoms with Gasteiger partial charge in [0.25, 0.3) is 11.8 Å². The molecule has 2 aromatic carbocycles. The van der Waals surface area contributed by atoms with Gasteiger partial charge in [-0.15, -0.1) is 0 Å². The van der Waals surface area contributed by atoms with Crippen molar-refractivity contribution in [2.75, 3.05) is 5.01 Å². The van der Waals surface area contributed by atoms with Gasteiger partial charge < -0.3 is 0 Å². The normalized spacial score (nSPS) is 16.2. The summed E-state index contributed by atoms with van der Waals surface area (Å²) in [6.45, 7) is 0. The topological polar surface area (TPSA) is 49.4 Å². The van der Waals surface area contributed by atoms with Crippen molar-refractivity contribution in [2.24, 2.45) is 0 Å². The largest absolute Gasteiger partial charge is 0.282 e. The third-order valence-corrected chi connectivity index (χ3v) is 4.14. The number of nitrogens with one attached hydrogen (secondary N) is 1. The minimum absolute atomic E-state index is 0.0493. The van der Waals surface area contributed by atoms with Crippen LogP contribution < -0.4 is 10.4 Å². The highest BCUT2D eigenvalue weighted by Crippen LogP contribution is 2.28. The van der Waals surface area contributed by atoms with Crippen molar-refractivity contribution in [2.45, 2.75) is 0 Å². The third-order valence-electron chi connectivity index (χ3n) is 3.40. The van der Waals surface area contributed by atoms with Gasteiger partial charge in [0, 0.05) is 0 Å². The zero-order valence-electron chi connectivity index (χ0n) is 12.4. The average molecular weight is 359 g/mol. The molecule has 0 unspecified atom stereocenters. The van der Waals surface area contributed by atoms with Crippen LogP contribution in [0, 0.1) is 0 Å². The van der Waals surface area contributed by atoms with E-state index in [-0.39, 0.29) is 5.57 Å². The molecule has 0 radical (unpaired) electrons. The van der Waals surface area contributed by atoms with Crippen LogP contribution in [0.3, 0.4) is 0 Å². The van der Waals surface area contributed by atoms with E-state index in [4.69, 9.17) is 23.2 Å². The van der Waals surface area contributed by atoms with Crippen molar-refractivity contribution in [3.8, 4) is 0 Å². The molecule has 0 aromatic heterocycles. The van der Waals surface area contributed by atoms with Crippen molar-refractivity contribution >= 4 is 46.8 Å². The number of hydrazine groups is 1. The van der Waals surface area contributed by atoms with Crippen molar-refractivity contribution in [1.82, 2.24) is 5.43 Å². The van der Waals surface area contributed by atoms with Gasteiger partial charge in [0.2, 0.25) is 0 Å². The Morgan fingerprint density at radius 2 is 1.71 bits per heavy atom. The molecule has 1 fully saturated rings. The zero-order chi connectivity index (χ0) is 17.1. The van der Waals surface area contributed by atoms with Crippen LogP contribution in [0.15, 0.2) is 66.3 Å². The van der Waals surface area contributed by atoms with E-state index in [0.29, 0.717) is 15.7 Å². The lowest BCUT2D eigenvalue weighted by molar-refractivity contribution is -0.117. The predicted octanol–water partition coefficient (Wildman–Crippen LogP) is 4.01. The number of nitrogens with zero attached hydrogens (tertiary/aromatic N) is 1. The molecule has 1 aliphatic heterocycles. The molecule has 0 aliphatic carbocycles. The van der Waals surface area contributed by atoms with E-state index >= 15 is 0 Å². The number of carbonyl (C=O) groups excluding carboxylic acids is 2. The van der Waals surface area contributed by atoms with Crippen molar-refractivity contribution in [3.63, 3.8) is 0 Å². The smallest absolute Gasteiger partial charge is 0.267 e. The van der Waals surface area contributed by atoms with Gasteiger partial charge in [-0.3, -0.25) is 15.0 Å². The highest BCUT2D eigenvalue weighted by Gasteiger charge is 2.34. The molecule has 24 heavy (non-hydrogen) atoms. The monoisotopic (exact) mass is 358 g/mol. The molecule has 3 rings (SSSR count). The molecule has 4 nitrogen and oxygen atoms in total. The summed E-state index contributed by atoms with van der Waals surface area (Å²) < 4.78 is 0. The molecule has 2 aromatic rings. The number of anilines is 1. The highest BCUT2D eigenvalue weighted by molar-refractivity contribution is 6.42. The number of allylic oxidation sites excluding steroid dienone is 2. The average Bonchev–Trinajstić information content (AvgIpc) is 2.86. The van der Waals surface area contributed by atoms with Crippen LogP contribution in [-0.2, 0) is 9.59 Å². The summed E-state index contributed by atoms with van der Waals surface area (Å²) in [6.07, 6.45) is 4.97. The molecule has 120 valence electrons. The molecule has 2 amide bonds. The van der Waals surface area contributed by atoms with E-state index in [1.165, 1.54) is 12.1 Å². The molecule has 6 heteroatoms. The number of hydrogen-bond acceptors (Lipinski definition) is 2. The number of amides is 2. The fourth-order valence-electron chi connectivity index (χ4n) is 2.20. The van der Waals surface area contributed by atoms with E-state index in [2.05, 4.69) is 5.43 Å². The van der Waals surface area contributed by atoms with Gasteiger partial charge in [-0.25, -0.2) is 5.01 Å². The van der Waals surface area contributed by atoms with Gasteiger partial charge in [-0.2, -0.15) is 0 Å². The van der Waals surface area contributed by atoms with Gasteiger partial charge >= 0.3 is 0 Å². The first-order valence-corrected chi connectivity index (χ1v) is 7.86. The number of carbonyl (C=O) groups is 2. The second kappa shape index (κ2) is 6.91. The maximum absolute atomic E-state index is 12.4. The van der Waals surface area contributed by atoms with Crippen LogP contribution >= 0.6 is 23.2 Å². The zero-order valence-corrected chi connectivity index (χ0v) is 13.9. The molecule has 0 bridgehead atoms. The Morgan fingerprint density at radius 3 is 2.42 bits per heavy atom. The molecule has 0 saturated carbocycles. The van der Waals surface area contributed by atoms with Gasteiger partial charge in [0.1, 0.15) is 5.57 Å². The molecule has 1 N–H and O–H groups in total. The van der Waals surface area contributed by atoms with Crippen LogP contribution in [-0.4, -0.2) is 11.8 Å². The number of halogens is 2. The quantitative estimate of drug-likeness (QED) is 0.665. The lowest BCUT2D eigenvalue weighted by Crippen LogP contribution is -2.35. The second-order valence-corrected chi connectivity index (χ2v) is 5.84. The summed E-state index contributed by atoms with van der Waals surface area (Å²) in [5.41, 5.74) is 3.97. The van der Waals surface area contributed by atoms with Crippen LogP contribution in [0.5, 0.6) is 0 Å². The van der Waals surface area contributed by atoms with Gasteiger partial charge in [0.05, 0.1) is 15.7 Å². The first-order chi connectivity index (χ1) is 11.6. The Morgan fingerprint density at radius 1 is 0.958 bits per heavy atom. The summed E-state index contributed by atoms with van der Waals surface area (Å²) >= 11 is 11.8. The lowest BCUT2D eigenvalue weighted by Gasteiger charge is -2.15. The van der Waals surface area contributed by atoms with Gasteiger partial charge in [0.15, 0.2) is 0 Å². The summed E-state index contributed by atoms with van der Waals surface area (Å²) in [5.74, 6) is -0.917. The maximum Gasteiger partial charge on any atom is 0.282 e. The van der Waals surface area contributed by atoms with Crippen molar-refractivity contribution in [1.29, 1.82) is 0 Å². The summed E-state index contributed by atoms with van der Waals surface area (Å²) in [4.78, 5) is 24.4. The van der Waals surface area contributed by atoms with Crippen LogP contribution in [0.1, 0.15) is 5.56 Å². The van der Waals surface area contributed by atoms with Crippen LogP contribution in [0.2, 0.25) is 10.0 Å². The molecule has 1 aliphatic rings. The van der Waals surface area contributed by atoms with E-state index in [1.54, 1.807) is 18.2 Å². The second-order valence-electron chi connectivity index (χ2n) is 5.03. The van der Waals surface area contributed by atoms with E-state index in [0.717, 1.165) is 10.6 Å². The Labute approximate surface area is 149 Å². The summed E-state index contributed by atoms with van der Waals surface area (Å²) in [7, 11) is 0. The first kappa shape index (κ1) is 16.3. The first-order valence-electron chi connectivity index (χ1n) is 7.10. The molecule has 0 spiro atoms. The SMILES string of the molecule is O=C1NN(c2ccc(Cl)c(Cl)c2)C(=O)C1=CC=Cc1ccccc1. The molecule has 0 atom stereocenters.